The molecule has 0 aliphatic rings. The zero-order chi connectivity index (χ0) is 15.2. The summed E-state index contributed by atoms with van der Waals surface area (Å²) in [6, 6.07) is 7.42. The number of halogens is 4. The van der Waals surface area contributed by atoms with Crippen molar-refractivity contribution in [3.05, 3.63) is 35.9 Å². The van der Waals surface area contributed by atoms with Crippen LogP contribution in [0.15, 0.2) is 30.3 Å². The number of amides is 1. The van der Waals surface area contributed by atoms with Gasteiger partial charge >= 0.3 is 12.1 Å². The summed E-state index contributed by atoms with van der Waals surface area (Å²) < 4.78 is 36.9. The van der Waals surface area contributed by atoms with Gasteiger partial charge in [0.25, 0.3) is 0 Å². The van der Waals surface area contributed by atoms with Crippen LogP contribution in [0.4, 0.5) is 13.2 Å². The van der Waals surface area contributed by atoms with Gasteiger partial charge in [0.1, 0.15) is 5.78 Å². The minimum Gasteiger partial charge on any atom is -0.341 e. The van der Waals surface area contributed by atoms with Crippen LogP contribution < -0.4 is 5.32 Å². The number of hydrogen-bond acceptors (Lipinski definition) is 2. The molecule has 0 bridgehead atoms. The van der Waals surface area contributed by atoms with E-state index in [0.717, 1.165) is 0 Å². The van der Waals surface area contributed by atoms with Crippen molar-refractivity contribution in [3.63, 3.8) is 0 Å². The molecule has 0 spiro atoms. The Labute approximate surface area is 122 Å². The highest BCUT2D eigenvalue weighted by atomic mass is 79.9. The van der Waals surface area contributed by atoms with Crippen LogP contribution in [0.1, 0.15) is 24.4 Å². The van der Waals surface area contributed by atoms with E-state index in [0.29, 0.717) is 5.56 Å². The Balaban J connectivity index is 2.80. The maximum Gasteiger partial charge on any atom is 0.471 e. The molecule has 1 amide bonds. The van der Waals surface area contributed by atoms with Crippen molar-refractivity contribution in [2.75, 3.05) is 5.33 Å². The van der Waals surface area contributed by atoms with E-state index < -0.39 is 18.1 Å². The maximum atomic E-state index is 12.3. The first-order chi connectivity index (χ1) is 9.34. The lowest BCUT2D eigenvalue weighted by Gasteiger charge is -2.19. The molecule has 1 N–H and O–H groups in total. The molecule has 1 aromatic carbocycles. The average molecular weight is 352 g/mol. The summed E-state index contributed by atoms with van der Waals surface area (Å²) in [4.78, 5) is 22.3. The van der Waals surface area contributed by atoms with Crippen LogP contribution in [-0.2, 0) is 9.59 Å². The fraction of sp³-hybridized carbons (Fsp3) is 0.385. The van der Waals surface area contributed by atoms with Crippen LogP contribution in [0.5, 0.6) is 0 Å². The summed E-state index contributed by atoms with van der Waals surface area (Å²) in [5.41, 5.74) is 0.535. The first kappa shape index (κ1) is 16.7. The molecule has 0 radical (unpaired) electrons. The van der Waals surface area contributed by atoms with Gasteiger partial charge in [-0.1, -0.05) is 46.3 Å². The van der Waals surface area contributed by atoms with Crippen LogP contribution >= 0.6 is 15.9 Å². The number of benzene rings is 1. The molecular formula is C13H13BrF3NO2. The number of carbonyl (C=O) groups excluding carboxylic acids is 2. The highest BCUT2D eigenvalue weighted by molar-refractivity contribution is 9.09. The molecular weight excluding hydrogens is 339 g/mol. The summed E-state index contributed by atoms with van der Waals surface area (Å²) in [6.07, 6.45) is -4.73. The van der Waals surface area contributed by atoms with E-state index in [-0.39, 0.29) is 24.0 Å². The largest absolute Gasteiger partial charge is 0.471 e. The van der Waals surface area contributed by atoms with Gasteiger partial charge in [-0.25, -0.2) is 0 Å². The predicted molar refractivity (Wildman–Crippen MR) is 71.4 cm³/mol. The Bertz CT molecular complexity index is 462. The van der Waals surface area contributed by atoms with E-state index in [4.69, 9.17) is 0 Å². The van der Waals surface area contributed by atoms with Crippen molar-refractivity contribution < 1.29 is 22.8 Å². The summed E-state index contributed by atoms with van der Waals surface area (Å²) in [5.74, 6) is -2.13. The van der Waals surface area contributed by atoms with E-state index >= 15 is 0 Å². The zero-order valence-corrected chi connectivity index (χ0v) is 12.0. The van der Waals surface area contributed by atoms with E-state index in [1.807, 2.05) is 5.32 Å². The maximum absolute atomic E-state index is 12.3. The molecule has 0 aromatic heterocycles. The number of rotatable bonds is 6. The molecule has 1 atom stereocenters. The minimum atomic E-state index is -4.94. The molecule has 0 saturated heterocycles. The molecule has 20 heavy (non-hydrogen) atoms. The number of ketones is 1. The third kappa shape index (κ3) is 5.32. The summed E-state index contributed by atoms with van der Waals surface area (Å²) in [7, 11) is 0. The molecule has 0 fully saturated rings. The second kappa shape index (κ2) is 7.42. The third-order valence-electron chi connectivity index (χ3n) is 2.63. The normalized spacial score (nSPS) is 12.8. The van der Waals surface area contributed by atoms with E-state index in [1.54, 1.807) is 30.3 Å². The quantitative estimate of drug-likeness (QED) is 0.800. The summed E-state index contributed by atoms with van der Waals surface area (Å²) in [5, 5.41) is 2.06. The van der Waals surface area contributed by atoms with Crippen LogP contribution in [0.25, 0.3) is 0 Å². The van der Waals surface area contributed by atoms with Gasteiger partial charge in [-0.3, -0.25) is 9.59 Å². The SMILES string of the molecule is O=C(CBr)CCC(NC(=O)C(F)(F)F)c1ccccc1. The van der Waals surface area contributed by atoms with Crippen molar-refractivity contribution in [2.45, 2.75) is 25.1 Å². The van der Waals surface area contributed by atoms with Gasteiger partial charge in [-0.15, -0.1) is 0 Å². The molecule has 110 valence electrons. The molecule has 0 heterocycles. The molecule has 0 aliphatic heterocycles. The highest BCUT2D eigenvalue weighted by Crippen LogP contribution is 2.22. The minimum absolute atomic E-state index is 0.0863. The smallest absolute Gasteiger partial charge is 0.341 e. The highest BCUT2D eigenvalue weighted by Gasteiger charge is 2.39. The van der Waals surface area contributed by atoms with Gasteiger partial charge in [0.05, 0.1) is 11.4 Å². The van der Waals surface area contributed by atoms with Crippen LogP contribution in [-0.4, -0.2) is 23.2 Å². The Morgan fingerprint density at radius 2 is 1.80 bits per heavy atom. The fourth-order valence-corrected chi connectivity index (χ4v) is 1.90. The number of nitrogens with one attached hydrogen (secondary N) is 1. The van der Waals surface area contributed by atoms with Crippen molar-refractivity contribution in [3.8, 4) is 0 Å². The summed E-state index contributed by atoms with van der Waals surface area (Å²) in [6.45, 7) is 0. The Morgan fingerprint density at radius 3 is 2.30 bits per heavy atom. The second-order valence-electron chi connectivity index (χ2n) is 4.15. The second-order valence-corrected chi connectivity index (χ2v) is 4.71. The van der Waals surface area contributed by atoms with E-state index in [1.165, 1.54) is 0 Å². The van der Waals surface area contributed by atoms with Crippen LogP contribution in [0.2, 0.25) is 0 Å². The average Bonchev–Trinajstić information content (AvgIpc) is 2.42. The van der Waals surface area contributed by atoms with Crippen molar-refractivity contribution >= 4 is 27.6 Å². The van der Waals surface area contributed by atoms with Gasteiger partial charge in [0.15, 0.2) is 0 Å². The van der Waals surface area contributed by atoms with Crippen molar-refractivity contribution in [2.24, 2.45) is 0 Å². The molecule has 7 heteroatoms. The Morgan fingerprint density at radius 1 is 1.20 bits per heavy atom. The molecule has 1 unspecified atom stereocenters. The predicted octanol–water partition coefficient (Wildman–Crippen LogP) is 3.15. The monoisotopic (exact) mass is 351 g/mol. The first-order valence-electron chi connectivity index (χ1n) is 5.85. The van der Waals surface area contributed by atoms with Gasteiger partial charge < -0.3 is 5.32 Å². The number of Topliss-reactive ketones (excluding diaryl/α,β-unsaturated/α-hetero) is 1. The fourth-order valence-electron chi connectivity index (χ4n) is 1.62. The molecule has 0 aliphatic carbocycles. The summed E-state index contributed by atoms with van der Waals surface area (Å²) >= 11 is 2.99. The lowest BCUT2D eigenvalue weighted by atomic mass is 10.0. The standard InChI is InChI=1S/C13H13BrF3NO2/c14-8-10(19)6-7-11(9-4-2-1-3-5-9)18-12(20)13(15,16)17/h1-5,11H,6-8H2,(H,18,20). The molecule has 0 saturated carbocycles. The van der Waals surface area contributed by atoms with Gasteiger partial charge in [-0.2, -0.15) is 13.2 Å². The topological polar surface area (TPSA) is 46.2 Å². The van der Waals surface area contributed by atoms with Crippen LogP contribution in [0.3, 0.4) is 0 Å². The van der Waals surface area contributed by atoms with E-state index in [9.17, 15) is 22.8 Å². The molecule has 1 rings (SSSR count). The first-order valence-corrected chi connectivity index (χ1v) is 6.97. The lowest BCUT2D eigenvalue weighted by Crippen LogP contribution is -2.39. The molecule has 1 aromatic rings. The zero-order valence-electron chi connectivity index (χ0n) is 10.4. The number of carbonyl (C=O) groups is 2. The Kier molecular flexibility index (Phi) is 6.19. The number of hydrogen-bond donors (Lipinski definition) is 1. The number of alkyl halides is 4. The van der Waals surface area contributed by atoms with Crippen LogP contribution in [0, 0.1) is 0 Å². The van der Waals surface area contributed by atoms with Crippen molar-refractivity contribution in [1.29, 1.82) is 0 Å². The van der Waals surface area contributed by atoms with Gasteiger partial charge in [0, 0.05) is 6.42 Å². The molecule has 3 nitrogen and oxygen atoms in total. The van der Waals surface area contributed by atoms with Gasteiger partial charge in [0.2, 0.25) is 0 Å². The van der Waals surface area contributed by atoms with E-state index in [2.05, 4.69) is 15.9 Å². The third-order valence-corrected chi connectivity index (χ3v) is 3.25. The lowest BCUT2D eigenvalue weighted by molar-refractivity contribution is -0.174. The van der Waals surface area contributed by atoms with Crippen molar-refractivity contribution in [1.82, 2.24) is 5.32 Å². The Hall–Kier alpha value is -1.37. The van der Waals surface area contributed by atoms with Gasteiger partial charge in [-0.05, 0) is 12.0 Å².